The number of aromatic nitrogens is 5. The average Bonchev–Trinajstić information content (AvgIpc) is 3.24. The van der Waals surface area contributed by atoms with Gasteiger partial charge in [0, 0.05) is 24.2 Å². The molecule has 0 saturated carbocycles. The molecule has 0 saturated heterocycles. The molecule has 3 heterocycles. The zero-order valence-electron chi connectivity index (χ0n) is 18.5. The molecule has 0 spiro atoms. The van der Waals surface area contributed by atoms with E-state index in [1.807, 2.05) is 54.6 Å². The molecule has 2 aromatic carbocycles. The highest BCUT2D eigenvalue weighted by Crippen LogP contribution is 2.26. The Bertz CT molecular complexity index is 1290. The fourth-order valence-corrected chi connectivity index (χ4v) is 4.62. The third-order valence-corrected chi connectivity index (χ3v) is 6.34. The first-order chi connectivity index (χ1) is 16.1. The summed E-state index contributed by atoms with van der Waals surface area (Å²) in [6.07, 6.45) is 4.43. The fraction of sp³-hybridized carbons (Fsp3) is 0.280. The van der Waals surface area contributed by atoms with E-state index in [2.05, 4.69) is 25.2 Å². The molecule has 33 heavy (non-hydrogen) atoms. The molecule has 5 rings (SSSR count). The molecule has 0 fully saturated rings. The molecule has 0 bridgehead atoms. The van der Waals surface area contributed by atoms with Crippen molar-refractivity contribution in [3.05, 3.63) is 82.4 Å². The van der Waals surface area contributed by atoms with Gasteiger partial charge in [-0.1, -0.05) is 60.5 Å². The van der Waals surface area contributed by atoms with E-state index in [0.29, 0.717) is 28.6 Å². The topological polar surface area (TPSA) is 77.6 Å². The maximum atomic E-state index is 13.1. The lowest BCUT2D eigenvalue weighted by Gasteiger charge is -2.10. The number of aryl methyl sites for hydroxylation is 2. The summed E-state index contributed by atoms with van der Waals surface area (Å²) in [6, 6.07) is 17.6. The number of carbonyl (C=O) groups excluding carboxylic acids is 1. The van der Waals surface area contributed by atoms with Gasteiger partial charge >= 0.3 is 0 Å². The lowest BCUT2D eigenvalue weighted by Crippen LogP contribution is -2.13. The van der Waals surface area contributed by atoms with Crippen LogP contribution in [0.3, 0.4) is 0 Å². The van der Waals surface area contributed by atoms with E-state index in [1.165, 1.54) is 6.42 Å². The Morgan fingerprint density at radius 1 is 1.06 bits per heavy atom. The summed E-state index contributed by atoms with van der Waals surface area (Å²) in [4.78, 5) is 13.1. The molecule has 0 atom stereocenters. The molecule has 1 aliphatic heterocycles. The maximum absolute atomic E-state index is 13.1. The van der Waals surface area contributed by atoms with Gasteiger partial charge in [0.15, 0.2) is 5.82 Å². The number of amides is 1. The number of rotatable bonds is 5. The van der Waals surface area contributed by atoms with Crippen molar-refractivity contribution in [2.24, 2.45) is 0 Å². The molecule has 1 amide bonds. The Morgan fingerprint density at radius 3 is 2.76 bits per heavy atom. The summed E-state index contributed by atoms with van der Waals surface area (Å²) >= 11 is 6.57. The Balaban J connectivity index is 1.38. The summed E-state index contributed by atoms with van der Waals surface area (Å²) in [7, 11) is 0. The van der Waals surface area contributed by atoms with Crippen molar-refractivity contribution >= 4 is 23.2 Å². The molecule has 4 aromatic rings. The second kappa shape index (κ2) is 9.19. The van der Waals surface area contributed by atoms with Gasteiger partial charge < -0.3 is 9.88 Å². The van der Waals surface area contributed by atoms with Crippen molar-refractivity contribution in [2.75, 3.05) is 5.32 Å². The fourth-order valence-electron chi connectivity index (χ4n) is 4.30. The van der Waals surface area contributed by atoms with E-state index < -0.39 is 0 Å². The van der Waals surface area contributed by atoms with Crippen LogP contribution in [-0.2, 0) is 19.5 Å². The van der Waals surface area contributed by atoms with Crippen molar-refractivity contribution in [3.63, 3.8) is 0 Å². The van der Waals surface area contributed by atoms with Gasteiger partial charge in [0.25, 0.3) is 5.91 Å². The van der Waals surface area contributed by atoms with Crippen LogP contribution in [-0.4, -0.2) is 30.5 Å². The lowest BCUT2D eigenvalue weighted by molar-refractivity contribution is 0.102. The number of anilines is 1. The van der Waals surface area contributed by atoms with E-state index in [4.69, 9.17) is 11.6 Å². The second-order valence-electron chi connectivity index (χ2n) is 8.33. The minimum Gasteiger partial charge on any atom is -0.322 e. The first-order valence-corrected chi connectivity index (χ1v) is 11.6. The predicted octanol–water partition coefficient (Wildman–Crippen LogP) is 5.13. The van der Waals surface area contributed by atoms with Crippen LogP contribution in [0.5, 0.6) is 0 Å². The van der Waals surface area contributed by atoms with E-state index in [-0.39, 0.29) is 5.91 Å². The number of fused-ring (bicyclic) bond motifs is 1. The highest BCUT2D eigenvalue weighted by molar-refractivity contribution is 6.33. The number of hydrogen-bond donors (Lipinski definition) is 1. The minimum atomic E-state index is -0.283. The molecule has 168 valence electrons. The summed E-state index contributed by atoms with van der Waals surface area (Å²) in [6.45, 7) is 3.22. The van der Waals surface area contributed by atoms with Crippen LogP contribution >= 0.6 is 11.6 Å². The van der Waals surface area contributed by atoms with Crippen molar-refractivity contribution in [1.29, 1.82) is 0 Å². The smallest absolute Gasteiger partial charge is 0.260 e. The normalized spacial score (nSPS) is 13.4. The third-order valence-electron chi connectivity index (χ3n) is 5.96. The number of carbonyl (C=O) groups is 1. The summed E-state index contributed by atoms with van der Waals surface area (Å²) in [5, 5.41) is 16.6. The Hall–Kier alpha value is -3.45. The van der Waals surface area contributed by atoms with Crippen LogP contribution in [0, 0.1) is 6.92 Å². The van der Waals surface area contributed by atoms with Crippen LogP contribution in [0.15, 0.2) is 54.6 Å². The van der Waals surface area contributed by atoms with Gasteiger partial charge in [-0.15, -0.1) is 10.2 Å². The van der Waals surface area contributed by atoms with Gasteiger partial charge in [-0.2, -0.15) is 5.10 Å². The standard InChI is InChI=1S/C25H25ClN6O/c1-17-22(23(26)32(30-17)16-18-9-4-2-5-10-18)25(33)27-20-12-8-11-19(15-20)24-29-28-21-13-6-3-7-14-31(21)24/h2,4-5,8-12,15H,3,6-7,13-14,16H2,1H3,(H,27,33). The number of halogens is 1. The lowest BCUT2D eigenvalue weighted by atomic mass is 10.1. The second-order valence-corrected chi connectivity index (χ2v) is 8.69. The third kappa shape index (κ3) is 4.41. The molecule has 1 N–H and O–H groups in total. The van der Waals surface area contributed by atoms with Crippen molar-refractivity contribution in [2.45, 2.75) is 45.7 Å². The van der Waals surface area contributed by atoms with Crippen LogP contribution in [0.1, 0.15) is 46.7 Å². The van der Waals surface area contributed by atoms with Gasteiger partial charge in [0.1, 0.15) is 11.0 Å². The van der Waals surface area contributed by atoms with Crippen molar-refractivity contribution in [1.82, 2.24) is 24.5 Å². The quantitative estimate of drug-likeness (QED) is 0.447. The molecule has 0 aliphatic carbocycles. The highest BCUT2D eigenvalue weighted by Gasteiger charge is 2.21. The Labute approximate surface area is 197 Å². The molecule has 0 unspecified atom stereocenters. The zero-order chi connectivity index (χ0) is 22.8. The van der Waals surface area contributed by atoms with E-state index in [0.717, 1.165) is 48.6 Å². The zero-order valence-corrected chi connectivity index (χ0v) is 19.2. The molecule has 2 aromatic heterocycles. The summed E-state index contributed by atoms with van der Waals surface area (Å²) in [5.41, 5.74) is 3.64. The average molecular weight is 461 g/mol. The van der Waals surface area contributed by atoms with E-state index in [9.17, 15) is 4.79 Å². The molecule has 7 nitrogen and oxygen atoms in total. The minimum absolute atomic E-state index is 0.283. The first-order valence-electron chi connectivity index (χ1n) is 11.2. The predicted molar refractivity (Wildman–Crippen MR) is 128 cm³/mol. The van der Waals surface area contributed by atoms with Gasteiger partial charge in [0.2, 0.25) is 0 Å². The first kappa shape index (κ1) is 21.4. The monoisotopic (exact) mass is 460 g/mol. The van der Waals surface area contributed by atoms with E-state index in [1.54, 1.807) is 11.6 Å². The largest absolute Gasteiger partial charge is 0.322 e. The number of nitrogens with zero attached hydrogens (tertiary/aromatic N) is 5. The number of nitrogens with one attached hydrogen (secondary N) is 1. The molecule has 0 radical (unpaired) electrons. The van der Waals surface area contributed by atoms with Crippen LogP contribution in [0.4, 0.5) is 5.69 Å². The van der Waals surface area contributed by atoms with E-state index >= 15 is 0 Å². The van der Waals surface area contributed by atoms with Crippen LogP contribution in [0.25, 0.3) is 11.4 Å². The van der Waals surface area contributed by atoms with Crippen LogP contribution in [0.2, 0.25) is 5.15 Å². The number of hydrogen-bond acceptors (Lipinski definition) is 4. The molecule has 1 aliphatic rings. The SMILES string of the molecule is Cc1nn(Cc2ccccc2)c(Cl)c1C(=O)Nc1cccc(-c2nnc3n2CCCCC3)c1. The number of benzene rings is 2. The summed E-state index contributed by atoms with van der Waals surface area (Å²) in [5.74, 6) is 1.59. The molecule has 8 heteroatoms. The summed E-state index contributed by atoms with van der Waals surface area (Å²) < 4.78 is 3.85. The van der Waals surface area contributed by atoms with Gasteiger partial charge in [-0.3, -0.25) is 4.79 Å². The van der Waals surface area contributed by atoms with Gasteiger partial charge in [0.05, 0.1) is 17.8 Å². The van der Waals surface area contributed by atoms with Crippen molar-refractivity contribution in [3.8, 4) is 11.4 Å². The Kier molecular flexibility index (Phi) is 5.96. The Morgan fingerprint density at radius 2 is 1.91 bits per heavy atom. The molecular formula is C25H25ClN6O. The van der Waals surface area contributed by atoms with Crippen LogP contribution < -0.4 is 5.32 Å². The maximum Gasteiger partial charge on any atom is 0.260 e. The van der Waals surface area contributed by atoms with Crippen molar-refractivity contribution < 1.29 is 4.79 Å². The van der Waals surface area contributed by atoms with Gasteiger partial charge in [-0.05, 0) is 37.5 Å². The highest BCUT2D eigenvalue weighted by atomic mass is 35.5. The van der Waals surface area contributed by atoms with Gasteiger partial charge in [-0.25, -0.2) is 4.68 Å². The molecular weight excluding hydrogens is 436 g/mol.